The van der Waals surface area contributed by atoms with Crippen LogP contribution < -0.4 is 0 Å². The Hall–Kier alpha value is 0.200. The molecule has 0 radical (unpaired) electrons. The molecule has 220 valence electrons. The third-order valence-corrected chi connectivity index (χ3v) is 12.3. The molecule has 2 N–H and O–H groups in total. The second kappa shape index (κ2) is 9.62. The molecule has 5 aliphatic rings. The SMILES string of the molecule is CC(C)(O)C1CCC(C)(C(O)CC2OC2(C)C2CCC3OC(C4(C)CCC(Br)C(C)(C)O4)CCC3(C)O2)O1. The summed E-state index contributed by atoms with van der Waals surface area (Å²) in [6.45, 7) is 16.4. The third kappa shape index (κ3) is 5.28. The van der Waals surface area contributed by atoms with Gasteiger partial charge >= 0.3 is 0 Å². The molecule has 5 aliphatic heterocycles. The summed E-state index contributed by atoms with van der Waals surface area (Å²) in [6.07, 6.45) is 6.76. The molecule has 5 saturated heterocycles. The lowest BCUT2D eigenvalue weighted by atomic mass is 9.76. The van der Waals surface area contributed by atoms with Crippen LogP contribution >= 0.6 is 15.9 Å². The molecule has 0 aliphatic carbocycles. The fourth-order valence-electron chi connectivity index (χ4n) is 7.63. The minimum atomic E-state index is -0.919. The van der Waals surface area contributed by atoms with Gasteiger partial charge in [-0.3, -0.25) is 0 Å². The highest BCUT2D eigenvalue weighted by Crippen LogP contribution is 2.53. The van der Waals surface area contributed by atoms with Crippen LogP contribution in [-0.2, 0) is 23.7 Å². The summed E-state index contributed by atoms with van der Waals surface area (Å²) in [5.74, 6) is 0. The molecular weight excluding hydrogens is 552 g/mol. The van der Waals surface area contributed by atoms with Crippen molar-refractivity contribution >= 4 is 15.9 Å². The molecule has 0 saturated carbocycles. The second-order valence-corrected chi connectivity index (χ2v) is 15.9. The van der Waals surface area contributed by atoms with E-state index in [0.717, 1.165) is 51.4 Å². The van der Waals surface area contributed by atoms with Gasteiger partial charge in [-0.2, -0.15) is 0 Å². The van der Waals surface area contributed by atoms with Crippen LogP contribution in [0.4, 0.5) is 0 Å². The number of fused-ring (bicyclic) bond motifs is 1. The summed E-state index contributed by atoms with van der Waals surface area (Å²) in [5.41, 5.74) is -2.87. The fraction of sp³-hybridized carbons (Fsp3) is 1.00. The Bertz CT molecular complexity index is 892. The average molecular weight is 604 g/mol. The predicted molar refractivity (Wildman–Crippen MR) is 149 cm³/mol. The highest BCUT2D eigenvalue weighted by Gasteiger charge is 2.64. The van der Waals surface area contributed by atoms with Gasteiger partial charge in [0.15, 0.2) is 0 Å². The molecule has 0 aromatic carbocycles. The van der Waals surface area contributed by atoms with Crippen molar-refractivity contribution in [3.63, 3.8) is 0 Å². The number of epoxide rings is 1. The van der Waals surface area contributed by atoms with Crippen molar-refractivity contribution < 1.29 is 33.9 Å². The Kier molecular flexibility index (Phi) is 7.51. The molecule has 5 heterocycles. The van der Waals surface area contributed by atoms with Gasteiger partial charge in [0.2, 0.25) is 0 Å². The smallest absolute Gasteiger partial charge is 0.118 e. The zero-order valence-electron chi connectivity index (χ0n) is 24.7. The van der Waals surface area contributed by atoms with Crippen molar-refractivity contribution in [1.82, 2.24) is 0 Å². The number of halogens is 1. The number of rotatable bonds is 6. The van der Waals surface area contributed by atoms with E-state index < -0.39 is 22.9 Å². The van der Waals surface area contributed by atoms with Crippen molar-refractivity contribution in [1.29, 1.82) is 0 Å². The lowest BCUT2D eigenvalue weighted by Gasteiger charge is -2.55. The van der Waals surface area contributed by atoms with Crippen LogP contribution in [0.3, 0.4) is 0 Å². The maximum absolute atomic E-state index is 11.1. The molecule has 11 atom stereocenters. The molecule has 0 aromatic rings. The first kappa shape index (κ1) is 29.7. The standard InChI is InChI=1S/C30H51BrO7/c1-25(2,33)20-12-15-27(5,35-20)19(32)17-24-30(8,37-24)23-10-9-21-28(6,36-23)16-13-22(34-21)29(7)14-11-18(31)26(3,4)38-29/h18-24,32-33H,9-17H2,1-8H3. The second-order valence-electron chi connectivity index (χ2n) is 14.8. The first-order valence-electron chi connectivity index (χ1n) is 14.8. The van der Waals surface area contributed by atoms with Gasteiger partial charge in [-0.1, -0.05) is 15.9 Å². The zero-order chi connectivity index (χ0) is 27.9. The molecule has 7 nitrogen and oxygen atoms in total. The first-order valence-corrected chi connectivity index (χ1v) is 15.8. The van der Waals surface area contributed by atoms with E-state index in [1.807, 2.05) is 6.92 Å². The van der Waals surface area contributed by atoms with Gasteiger partial charge in [-0.05, 0) is 107 Å². The number of hydrogen-bond donors (Lipinski definition) is 2. The summed E-state index contributed by atoms with van der Waals surface area (Å²) in [5, 5.41) is 21.5. The summed E-state index contributed by atoms with van der Waals surface area (Å²) < 4.78 is 32.7. The van der Waals surface area contributed by atoms with Gasteiger partial charge < -0.3 is 33.9 Å². The average Bonchev–Trinajstić information content (AvgIpc) is 3.27. The topological polar surface area (TPSA) is 89.9 Å². The van der Waals surface area contributed by atoms with Crippen LogP contribution in [0.1, 0.15) is 113 Å². The summed E-state index contributed by atoms with van der Waals surface area (Å²) in [4.78, 5) is 0.354. The van der Waals surface area contributed by atoms with E-state index in [9.17, 15) is 10.2 Å². The predicted octanol–water partition coefficient (Wildman–Crippen LogP) is 5.20. The molecule has 11 unspecified atom stereocenters. The lowest BCUT2D eigenvalue weighted by molar-refractivity contribution is -0.292. The van der Waals surface area contributed by atoms with Gasteiger partial charge in [0.05, 0.1) is 64.6 Å². The minimum Gasteiger partial charge on any atom is -0.390 e. The Morgan fingerprint density at radius 3 is 2.08 bits per heavy atom. The molecule has 0 aromatic heterocycles. The summed E-state index contributed by atoms with van der Waals surface area (Å²) in [6, 6.07) is 0. The van der Waals surface area contributed by atoms with E-state index in [4.69, 9.17) is 23.7 Å². The quantitative estimate of drug-likeness (QED) is 0.319. The Morgan fingerprint density at radius 1 is 0.816 bits per heavy atom. The van der Waals surface area contributed by atoms with Gasteiger partial charge in [0, 0.05) is 11.2 Å². The van der Waals surface area contributed by atoms with Crippen molar-refractivity contribution in [3.8, 4) is 0 Å². The third-order valence-electron chi connectivity index (χ3n) is 10.7. The number of hydrogen-bond acceptors (Lipinski definition) is 7. The van der Waals surface area contributed by atoms with Crippen molar-refractivity contribution in [2.24, 2.45) is 0 Å². The minimum absolute atomic E-state index is 0.0304. The molecule has 5 fully saturated rings. The Morgan fingerprint density at radius 2 is 1.45 bits per heavy atom. The van der Waals surface area contributed by atoms with E-state index >= 15 is 0 Å². The van der Waals surface area contributed by atoms with Crippen LogP contribution in [0.25, 0.3) is 0 Å². The van der Waals surface area contributed by atoms with Gasteiger partial charge in [-0.25, -0.2) is 0 Å². The van der Waals surface area contributed by atoms with Crippen molar-refractivity contribution in [3.05, 3.63) is 0 Å². The summed E-state index contributed by atoms with van der Waals surface area (Å²) >= 11 is 3.80. The molecule has 38 heavy (non-hydrogen) atoms. The molecule has 5 rings (SSSR count). The maximum Gasteiger partial charge on any atom is 0.118 e. The van der Waals surface area contributed by atoms with E-state index in [2.05, 4.69) is 50.5 Å². The normalized spacial score (nSPS) is 51.9. The summed E-state index contributed by atoms with van der Waals surface area (Å²) in [7, 11) is 0. The van der Waals surface area contributed by atoms with Gasteiger partial charge in [-0.15, -0.1) is 0 Å². The first-order chi connectivity index (χ1) is 17.4. The monoisotopic (exact) mass is 602 g/mol. The van der Waals surface area contributed by atoms with Crippen LogP contribution in [-0.4, -0.2) is 85.3 Å². The molecule has 0 amide bonds. The number of aliphatic hydroxyl groups excluding tert-OH is 1. The van der Waals surface area contributed by atoms with Gasteiger partial charge in [0.1, 0.15) is 5.60 Å². The highest BCUT2D eigenvalue weighted by molar-refractivity contribution is 9.09. The van der Waals surface area contributed by atoms with E-state index in [1.54, 1.807) is 13.8 Å². The lowest BCUT2D eigenvalue weighted by Crippen LogP contribution is -2.63. The Labute approximate surface area is 237 Å². The van der Waals surface area contributed by atoms with Crippen LogP contribution in [0.5, 0.6) is 0 Å². The Balaban J connectivity index is 1.17. The number of aliphatic hydroxyl groups is 2. The molecule has 0 spiro atoms. The number of alkyl halides is 1. The van der Waals surface area contributed by atoms with E-state index in [-0.39, 0.29) is 47.3 Å². The van der Waals surface area contributed by atoms with E-state index in [0.29, 0.717) is 11.2 Å². The molecular formula is C30H51BrO7. The largest absolute Gasteiger partial charge is 0.390 e. The van der Waals surface area contributed by atoms with Crippen molar-refractivity contribution in [2.75, 3.05) is 0 Å². The fourth-order valence-corrected chi connectivity index (χ4v) is 7.96. The van der Waals surface area contributed by atoms with Crippen LogP contribution in [0.15, 0.2) is 0 Å². The zero-order valence-corrected chi connectivity index (χ0v) is 26.3. The maximum atomic E-state index is 11.1. The van der Waals surface area contributed by atoms with E-state index in [1.165, 1.54) is 0 Å². The molecule has 0 bridgehead atoms. The van der Waals surface area contributed by atoms with Crippen LogP contribution in [0, 0.1) is 0 Å². The number of ether oxygens (including phenoxy) is 5. The van der Waals surface area contributed by atoms with Crippen LogP contribution in [0.2, 0.25) is 0 Å². The molecule has 8 heteroatoms. The highest BCUT2D eigenvalue weighted by atomic mass is 79.9. The van der Waals surface area contributed by atoms with Gasteiger partial charge in [0.25, 0.3) is 0 Å². The van der Waals surface area contributed by atoms with Crippen molar-refractivity contribution in [2.45, 2.75) is 188 Å².